The molecule has 0 aliphatic heterocycles. The van der Waals surface area contributed by atoms with E-state index in [0.717, 1.165) is 6.42 Å². The number of carbonyl (C=O) groups is 3. The third-order valence-electron chi connectivity index (χ3n) is 1.72. The molecule has 1 atom stereocenters. The standard InChI is InChI=1S/C9H17N3O5/c1-2-3-10-7(14)5-12-9(17)11-4-6(13)8(15)16/h6,13H,2-5H2,1H3,(H,10,14)(H,15,16)(H2,11,12,17). The number of carboxylic acids is 1. The molecular formula is C9H17N3O5. The summed E-state index contributed by atoms with van der Waals surface area (Å²) in [6.45, 7) is 1.81. The highest BCUT2D eigenvalue weighted by atomic mass is 16.4. The molecule has 17 heavy (non-hydrogen) atoms. The van der Waals surface area contributed by atoms with Gasteiger partial charge in [0.25, 0.3) is 0 Å². The molecule has 5 N–H and O–H groups in total. The van der Waals surface area contributed by atoms with E-state index in [1.807, 2.05) is 6.92 Å². The van der Waals surface area contributed by atoms with Crippen LogP contribution in [0.4, 0.5) is 4.79 Å². The molecule has 0 saturated heterocycles. The van der Waals surface area contributed by atoms with E-state index >= 15 is 0 Å². The van der Waals surface area contributed by atoms with Gasteiger partial charge in [-0.1, -0.05) is 6.92 Å². The minimum absolute atomic E-state index is 0.199. The molecule has 0 rings (SSSR count). The average Bonchev–Trinajstić information content (AvgIpc) is 2.30. The largest absolute Gasteiger partial charge is 0.479 e. The molecule has 0 aromatic rings. The minimum Gasteiger partial charge on any atom is -0.479 e. The van der Waals surface area contributed by atoms with E-state index in [1.54, 1.807) is 0 Å². The molecule has 1 unspecified atom stereocenters. The second kappa shape index (κ2) is 8.34. The zero-order valence-corrected chi connectivity index (χ0v) is 9.52. The van der Waals surface area contributed by atoms with Crippen LogP contribution in [-0.2, 0) is 9.59 Å². The number of carboxylic acid groups (broad SMARTS) is 1. The number of amides is 3. The van der Waals surface area contributed by atoms with Gasteiger partial charge in [0.05, 0.1) is 13.1 Å². The summed E-state index contributed by atoms with van der Waals surface area (Å²) in [5.74, 6) is -1.76. The first-order chi connectivity index (χ1) is 7.97. The van der Waals surface area contributed by atoms with Crippen LogP contribution in [0.1, 0.15) is 13.3 Å². The van der Waals surface area contributed by atoms with Crippen molar-refractivity contribution in [1.29, 1.82) is 0 Å². The first kappa shape index (κ1) is 15.2. The van der Waals surface area contributed by atoms with E-state index in [1.165, 1.54) is 0 Å². The van der Waals surface area contributed by atoms with Crippen LogP contribution in [0.5, 0.6) is 0 Å². The van der Waals surface area contributed by atoms with Crippen LogP contribution in [0, 0.1) is 0 Å². The van der Waals surface area contributed by atoms with E-state index in [0.29, 0.717) is 6.54 Å². The Morgan fingerprint density at radius 1 is 1.18 bits per heavy atom. The smallest absolute Gasteiger partial charge is 0.334 e. The Labute approximate surface area is 98.4 Å². The number of hydrogen-bond donors (Lipinski definition) is 5. The van der Waals surface area contributed by atoms with Gasteiger partial charge >= 0.3 is 12.0 Å². The van der Waals surface area contributed by atoms with Gasteiger partial charge in [-0.15, -0.1) is 0 Å². The van der Waals surface area contributed by atoms with Crippen molar-refractivity contribution in [1.82, 2.24) is 16.0 Å². The highest BCUT2D eigenvalue weighted by Gasteiger charge is 2.14. The third-order valence-corrected chi connectivity index (χ3v) is 1.72. The maximum Gasteiger partial charge on any atom is 0.334 e. The van der Waals surface area contributed by atoms with Crippen LogP contribution in [-0.4, -0.2) is 53.9 Å². The van der Waals surface area contributed by atoms with Crippen molar-refractivity contribution in [2.75, 3.05) is 19.6 Å². The molecule has 8 nitrogen and oxygen atoms in total. The van der Waals surface area contributed by atoms with Crippen LogP contribution >= 0.6 is 0 Å². The lowest BCUT2D eigenvalue weighted by Crippen LogP contribution is -2.45. The van der Waals surface area contributed by atoms with E-state index in [9.17, 15) is 14.4 Å². The number of rotatable bonds is 7. The predicted octanol–water partition coefficient (Wildman–Crippen LogP) is -1.74. The Hall–Kier alpha value is -1.83. The molecule has 8 heteroatoms. The monoisotopic (exact) mass is 247 g/mol. The number of carbonyl (C=O) groups excluding carboxylic acids is 2. The highest BCUT2D eigenvalue weighted by molar-refractivity contribution is 5.84. The number of nitrogens with one attached hydrogen (secondary N) is 3. The summed E-state index contributed by atoms with van der Waals surface area (Å²) in [6, 6.07) is -0.711. The molecule has 0 aliphatic carbocycles. The summed E-state index contributed by atoms with van der Waals surface area (Å²) in [5.41, 5.74) is 0. The van der Waals surface area contributed by atoms with E-state index < -0.39 is 24.6 Å². The minimum atomic E-state index is -1.66. The average molecular weight is 247 g/mol. The quantitative estimate of drug-likeness (QED) is 0.365. The van der Waals surface area contributed by atoms with E-state index in [2.05, 4.69) is 16.0 Å². The van der Waals surface area contributed by atoms with Gasteiger partial charge in [-0.3, -0.25) is 4.79 Å². The van der Waals surface area contributed by atoms with Crippen molar-refractivity contribution in [3.63, 3.8) is 0 Å². The predicted molar refractivity (Wildman–Crippen MR) is 58.3 cm³/mol. The zero-order valence-electron chi connectivity index (χ0n) is 9.52. The summed E-state index contributed by atoms with van der Waals surface area (Å²) in [5, 5.41) is 24.1. The number of aliphatic carboxylic acids is 1. The van der Waals surface area contributed by atoms with Gasteiger partial charge in [0.1, 0.15) is 0 Å². The Morgan fingerprint density at radius 2 is 1.82 bits per heavy atom. The van der Waals surface area contributed by atoms with Gasteiger partial charge in [0, 0.05) is 6.54 Å². The molecule has 3 amide bonds. The van der Waals surface area contributed by atoms with Crippen molar-refractivity contribution in [2.24, 2.45) is 0 Å². The van der Waals surface area contributed by atoms with Gasteiger partial charge < -0.3 is 26.2 Å². The zero-order chi connectivity index (χ0) is 13.3. The molecule has 0 spiro atoms. The Morgan fingerprint density at radius 3 is 2.35 bits per heavy atom. The number of urea groups is 1. The van der Waals surface area contributed by atoms with Gasteiger partial charge in [-0.05, 0) is 6.42 Å². The fourth-order valence-electron chi connectivity index (χ4n) is 0.827. The number of aliphatic hydroxyl groups is 1. The molecular weight excluding hydrogens is 230 g/mol. The SMILES string of the molecule is CCCNC(=O)CNC(=O)NCC(O)C(=O)O. The lowest BCUT2D eigenvalue weighted by molar-refractivity contribution is -0.146. The summed E-state index contributed by atoms with van der Waals surface area (Å²) >= 11 is 0. The molecule has 0 fully saturated rings. The topological polar surface area (TPSA) is 128 Å². The molecule has 0 heterocycles. The van der Waals surface area contributed by atoms with Crippen LogP contribution in [0.2, 0.25) is 0 Å². The first-order valence-corrected chi connectivity index (χ1v) is 5.16. The number of aliphatic hydroxyl groups excluding tert-OH is 1. The van der Waals surface area contributed by atoms with Crippen molar-refractivity contribution in [3.8, 4) is 0 Å². The second-order valence-corrected chi connectivity index (χ2v) is 3.27. The second-order valence-electron chi connectivity index (χ2n) is 3.27. The summed E-state index contributed by atoms with van der Waals surface area (Å²) in [7, 11) is 0. The molecule has 0 aliphatic rings. The molecule has 0 saturated carbocycles. The Balaban J connectivity index is 3.66. The first-order valence-electron chi connectivity index (χ1n) is 5.16. The van der Waals surface area contributed by atoms with Gasteiger partial charge in [-0.25, -0.2) is 9.59 Å². The van der Waals surface area contributed by atoms with Gasteiger partial charge in [0.15, 0.2) is 6.10 Å². The summed E-state index contributed by atoms with van der Waals surface area (Å²) in [6.07, 6.45) is -0.863. The van der Waals surface area contributed by atoms with Crippen molar-refractivity contribution < 1.29 is 24.6 Å². The Bertz CT molecular complexity index is 282. The van der Waals surface area contributed by atoms with Crippen LogP contribution in [0.3, 0.4) is 0 Å². The molecule has 0 aromatic carbocycles. The van der Waals surface area contributed by atoms with Gasteiger partial charge in [-0.2, -0.15) is 0 Å². The lowest BCUT2D eigenvalue weighted by Gasteiger charge is -2.09. The van der Waals surface area contributed by atoms with Gasteiger partial charge in [0.2, 0.25) is 5.91 Å². The molecule has 0 bridgehead atoms. The van der Waals surface area contributed by atoms with Crippen molar-refractivity contribution >= 4 is 17.9 Å². The van der Waals surface area contributed by atoms with E-state index in [-0.39, 0.29) is 12.5 Å². The van der Waals surface area contributed by atoms with Crippen molar-refractivity contribution in [3.05, 3.63) is 0 Å². The maximum absolute atomic E-state index is 11.1. The molecule has 98 valence electrons. The normalized spacial score (nSPS) is 11.4. The highest BCUT2D eigenvalue weighted by Crippen LogP contribution is 1.79. The number of hydrogen-bond acceptors (Lipinski definition) is 4. The summed E-state index contributed by atoms with van der Waals surface area (Å²) < 4.78 is 0. The lowest BCUT2D eigenvalue weighted by atomic mass is 10.4. The fraction of sp³-hybridized carbons (Fsp3) is 0.667. The summed E-state index contributed by atoms with van der Waals surface area (Å²) in [4.78, 5) is 32.3. The third kappa shape index (κ3) is 8.03. The molecule has 0 aromatic heterocycles. The van der Waals surface area contributed by atoms with Crippen LogP contribution in [0.25, 0.3) is 0 Å². The van der Waals surface area contributed by atoms with Crippen molar-refractivity contribution in [2.45, 2.75) is 19.4 Å². The Kier molecular flexibility index (Phi) is 7.44. The maximum atomic E-state index is 11.1. The van der Waals surface area contributed by atoms with Crippen LogP contribution in [0.15, 0.2) is 0 Å². The van der Waals surface area contributed by atoms with Crippen LogP contribution < -0.4 is 16.0 Å². The van der Waals surface area contributed by atoms with E-state index in [4.69, 9.17) is 10.2 Å². The fourth-order valence-corrected chi connectivity index (χ4v) is 0.827. The molecule has 0 radical (unpaired) electrons.